The lowest BCUT2D eigenvalue weighted by atomic mass is 9.81. The highest BCUT2D eigenvalue weighted by Crippen LogP contribution is 2.41. The molecule has 0 spiro atoms. The van der Waals surface area contributed by atoms with Crippen LogP contribution in [0.1, 0.15) is 49.3 Å². The Morgan fingerprint density at radius 3 is 2.60 bits per heavy atom. The van der Waals surface area contributed by atoms with E-state index in [1.54, 1.807) is 11.3 Å². The molecule has 4 nitrogen and oxygen atoms in total. The van der Waals surface area contributed by atoms with Gasteiger partial charge in [0.1, 0.15) is 16.6 Å². The minimum atomic E-state index is -0.101. The summed E-state index contributed by atoms with van der Waals surface area (Å²) in [4.78, 5) is 13.6. The lowest BCUT2D eigenvalue weighted by molar-refractivity contribution is -0.789. The second kappa shape index (κ2) is 6.29. The van der Waals surface area contributed by atoms with Gasteiger partial charge in [-0.05, 0) is 38.8 Å². The second-order valence-corrected chi connectivity index (χ2v) is 8.99. The first-order valence-corrected chi connectivity index (χ1v) is 9.30. The standard InChI is InChI=1S/C20H23N3OS/c1-19(2)11-14-15(12-21)18(25-17(14)20(3,4)23-19)22-16(24)10-13-8-6-5-7-9-13/h5-9,23H,10-11H2,1-4H3,(H,22,24)/p+1. The van der Waals surface area contributed by atoms with Crippen LogP contribution in [0.4, 0.5) is 5.00 Å². The van der Waals surface area contributed by atoms with E-state index in [2.05, 4.69) is 44.4 Å². The number of rotatable bonds is 3. The highest BCUT2D eigenvalue weighted by Gasteiger charge is 2.44. The van der Waals surface area contributed by atoms with Crippen LogP contribution in [0.2, 0.25) is 0 Å². The molecule has 1 aromatic carbocycles. The molecule has 2 heterocycles. The maximum Gasteiger partial charge on any atom is 0.229 e. The van der Waals surface area contributed by atoms with Crippen LogP contribution in [0, 0.1) is 11.3 Å². The van der Waals surface area contributed by atoms with E-state index < -0.39 is 0 Å². The summed E-state index contributed by atoms with van der Waals surface area (Å²) < 4.78 is 0. The lowest BCUT2D eigenvalue weighted by Gasteiger charge is -2.38. The van der Waals surface area contributed by atoms with Crippen molar-refractivity contribution in [3.05, 3.63) is 51.9 Å². The van der Waals surface area contributed by atoms with Crippen LogP contribution in [-0.2, 0) is 23.2 Å². The fraction of sp³-hybridized carbons (Fsp3) is 0.400. The van der Waals surface area contributed by atoms with Gasteiger partial charge in [0.05, 0.1) is 22.4 Å². The topological polar surface area (TPSA) is 69.5 Å². The largest absolute Gasteiger partial charge is 0.333 e. The van der Waals surface area contributed by atoms with Gasteiger partial charge in [-0.2, -0.15) is 5.26 Å². The van der Waals surface area contributed by atoms with Crippen LogP contribution in [0.3, 0.4) is 0 Å². The van der Waals surface area contributed by atoms with E-state index in [4.69, 9.17) is 0 Å². The quantitative estimate of drug-likeness (QED) is 0.890. The van der Waals surface area contributed by atoms with Crippen molar-refractivity contribution in [3.63, 3.8) is 0 Å². The molecule has 0 saturated heterocycles. The average Bonchev–Trinajstić information content (AvgIpc) is 2.84. The van der Waals surface area contributed by atoms with Crippen LogP contribution >= 0.6 is 11.3 Å². The molecule has 0 saturated carbocycles. The number of carbonyl (C=O) groups is 1. The van der Waals surface area contributed by atoms with E-state index in [1.165, 1.54) is 4.88 Å². The molecule has 3 rings (SSSR count). The van der Waals surface area contributed by atoms with Gasteiger partial charge in [0.15, 0.2) is 0 Å². The smallest absolute Gasteiger partial charge is 0.229 e. The molecule has 0 unspecified atom stereocenters. The van der Waals surface area contributed by atoms with Gasteiger partial charge in [-0.15, -0.1) is 11.3 Å². The summed E-state index contributed by atoms with van der Waals surface area (Å²) in [7, 11) is 0. The molecule has 0 fully saturated rings. The third-order valence-corrected chi connectivity index (χ3v) is 6.04. The predicted octanol–water partition coefficient (Wildman–Crippen LogP) is 2.93. The third-order valence-electron chi connectivity index (χ3n) is 4.55. The molecule has 1 aliphatic heterocycles. The van der Waals surface area contributed by atoms with E-state index in [9.17, 15) is 10.1 Å². The van der Waals surface area contributed by atoms with Crippen molar-refractivity contribution >= 4 is 22.2 Å². The number of nitriles is 1. The van der Waals surface area contributed by atoms with Gasteiger partial charge >= 0.3 is 0 Å². The summed E-state index contributed by atoms with van der Waals surface area (Å²) in [6, 6.07) is 12.0. The Morgan fingerprint density at radius 2 is 1.96 bits per heavy atom. The van der Waals surface area contributed by atoms with Gasteiger partial charge < -0.3 is 10.6 Å². The summed E-state index contributed by atoms with van der Waals surface area (Å²) in [5.41, 5.74) is 2.63. The number of benzene rings is 1. The minimum absolute atomic E-state index is 0.0362. The Morgan fingerprint density at radius 1 is 1.28 bits per heavy atom. The fourth-order valence-electron chi connectivity index (χ4n) is 3.86. The van der Waals surface area contributed by atoms with E-state index in [0.717, 1.165) is 17.5 Å². The minimum Gasteiger partial charge on any atom is -0.333 e. The van der Waals surface area contributed by atoms with Crippen LogP contribution < -0.4 is 10.6 Å². The number of nitrogens with zero attached hydrogens (tertiary/aromatic N) is 1. The molecular formula is C20H24N3OS+. The number of hydrogen-bond donors (Lipinski definition) is 2. The number of hydrogen-bond acceptors (Lipinski definition) is 3. The number of nitrogens with one attached hydrogen (secondary N) is 1. The number of quaternary nitrogens is 1. The zero-order valence-electron chi connectivity index (χ0n) is 15.1. The van der Waals surface area contributed by atoms with E-state index in [0.29, 0.717) is 17.0 Å². The maximum absolute atomic E-state index is 12.4. The van der Waals surface area contributed by atoms with Crippen molar-refractivity contribution in [2.24, 2.45) is 0 Å². The molecular weight excluding hydrogens is 330 g/mol. The SMILES string of the molecule is CC1(C)Cc2c(sc(NC(=O)Cc3ccccc3)c2C#N)C(C)(C)[NH2+]1. The summed E-state index contributed by atoms with van der Waals surface area (Å²) in [6.07, 6.45) is 1.15. The second-order valence-electron chi connectivity index (χ2n) is 7.97. The summed E-state index contributed by atoms with van der Waals surface area (Å²) in [5.74, 6) is -0.0812. The lowest BCUT2D eigenvalue weighted by Crippen LogP contribution is -3.03. The van der Waals surface area contributed by atoms with Crippen LogP contribution in [0.25, 0.3) is 0 Å². The molecule has 2 aromatic rings. The molecule has 3 N–H and O–H groups in total. The van der Waals surface area contributed by atoms with Crippen molar-refractivity contribution in [1.82, 2.24) is 0 Å². The monoisotopic (exact) mass is 354 g/mol. The van der Waals surface area contributed by atoms with Gasteiger partial charge in [-0.3, -0.25) is 4.79 Å². The first-order valence-electron chi connectivity index (χ1n) is 8.49. The van der Waals surface area contributed by atoms with E-state index >= 15 is 0 Å². The number of amides is 1. The van der Waals surface area contributed by atoms with Crippen molar-refractivity contribution in [1.29, 1.82) is 5.26 Å². The molecule has 0 radical (unpaired) electrons. The zero-order chi connectivity index (χ0) is 18.2. The molecule has 0 bridgehead atoms. The fourth-order valence-corrected chi connectivity index (χ4v) is 5.12. The zero-order valence-corrected chi connectivity index (χ0v) is 16.0. The van der Waals surface area contributed by atoms with Crippen LogP contribution in [0.15, 0.2) is 30.3 Å². The van der Waals surface area contributed by atoms with Crippen molar-refractivity contribution in [2.45, 2.75) is 51.6 Å². The van der Waals surface area contributed by atoms with Gasteiger partial charge in [0, 0.05) is 6.42 Å². The summed E-state index contributed by atoms with van der Waals surface area (Å²) >= 11 is 1.55. The van der Waals surface area contributed by atoms with Crippen molar-refractivity contribution < 1.29 is 10.1 Å². The average molecular weight is 354 g/mol. The van der Waals surface area contributed by atoms with E-state index in [1.807, 2.05) is 30.3 Å². The summed E-state index contributed by atoms with van der Waals surface area (Å²) in [5, 5.41) is 15.7. The number of anilines is 1. The Kier molecular flexibility index (Phi) is 4.44. The molecule has 5 heteroatoms. The normalized spacial score (nSPS) is 17.4. The maximum atomic E-state index is 12.4. The molecule has 25 heavy (non-hydrogen) atoms. The van der Waals surface area contributed by atoms with Gasteiger partial charge in [-0.25, -0.2) is 0 Å². The van der Waals surface area contributed by atoms with Gasteiger partial charge in [0.2, 0.25) is 5.91 Å². The van der Waals surface area contributed by atoms with Crippen LogP contribution in [-0.4, -0.2) is 11.4 Å². The molecule has 1 amide bonds. The molecule has 130 valence electrons. The molecule has 0 atom stereocenters. The van der Waals surface area contributed by atoms with E-state index in [-0.39, 0.29) is 17.0 Å². The molecule has 1 aromatic heterocycles. The van der Waals surface area contributed by atoms with Crippen molar-refractivity contribution in [3.8, 4) is 6.07 Å². The Labute approximate surface area is 152 Å². The first kappa shape index (κ1) is 17.7. The molecule has 1 aliphatic rings. The highest BCUT2D eigenvalue weighted by molar-refractivity contribution is 7.16. The number of fused-ring (bicyclic) bond motifs is 1. The Balaban J connectivity index is 1.90. The third kappa shape index (κ3) is 3.60. The molecule has 0 aliphatic carbocycles. The Bertz CT molecular complexity index is 844. The number of nitrogens with two attached hydrogens (primary N) is 1. The highest BCUT2D eigenvalue weighted by atomic mass is 32.1. The Hall–Kier alpha value is -2.16. The first-order chi connectivity index (χ1) is 11.7. The number of thiophene rings is 1. The van der Waals surface area contributed by atoms with Gasteiger partial charge in [0.25, 0.3) is 0 Å². The predicted molar refractivity (Wildman–Crippen MR) is 101 cm³/mol. The number of carbonyl (C=O) groups excluding carboxylic acids is 1. The van der Waals surface area contributed by atoms with Gasteiger partial charge in [-0.1, -0.05) is 30.3 Å². The summed E-state index contributed by atoms with van der Waals surface area (Å²) in [6.45, 7) is 8.76. The van der Waals surface area contributed by atoms with Crippen molar-refractivity contribution in [2.75, 3.05) is 5.32 Å². The van der Waals surface area contributed by atoms with Crippen LogP contribution in [0.5, 0.6) is 0 Å².